The van der Waals surface area contributed by atoms with Crippen molar-refractivity contribution in [2.24, 2.45) is 5.41 Å². The smallest absolute Gasteiger partial charge is 0.252 e. The van der Waals surface area contributed by atoms with Gasteiger partial charge in [0.1, 0.15) is 5.82 Å². The van der Waals surface area contributed by atoms with Crippen LogP contribution in [0, 0.1) is 11.2 Å². The van der Waals surface area contributed by atoms with Crippen LogP contribution in [0.2, 0.25) is 0 Å². The minimum Gasteiger partial charge on any atom is -0.351 e. The number of nitrogens with one attached hydrogen (secondary N) is 2. The molecule has 1 aromatic carbocycles. The van der Waals surface area contributed by atoms with Crippen molar-refractivity contribution in [3.05, 3.63) is 69.9 Å². The molecule has 1 saturated heterocycles. The van der Waals surface area contributed by atoms with E-state index in [0.29, 0.717) is 12.1 Å². The summed E-state index contributed by atoms with van der Waals surface area (Å²) < 4.78 is 13.1. The van der Waals surface area contributed by atoms with Gasteiger partial charge in [0.25, 0.3) is 5.91 Å². The molecule has 0 aliphatic carbocycles. The maximum absolute atomic E-state index is 13.1. The third-order valence-electron chi connectivity index (χ3n) is 5.37. The number of nitrogens with zero attached hydrogens (tertiary/aromatic N) is 1. The van der Waals surface area contributed by atoms with Crippen LogP contribution in [0.25, 0.3) is 0 Å². The molecule has 1 fully saturated rings. The van der Waals surface area contributed by atoms with E-state index in [2.05, 4.69) is 22.1 Å². The molecule has 0 unspecified atom stereocenters. The van der Waals surface area contributed by atoms with Gasteiger partial charge in [-0.15, -0.1) is 0 Å². The van der Waals surface area contributed by atoms with Crippen LogP contribution in [-0.4, -0.2) is 42.0 Å². The summed E-state index contributed by atoms with van der Waals surface area (Å²) in [6.45, 7) is 5.67. The van der Waals surface area contributed by atoms with Gasteiger partial charge in [0, 0.05) is 25.4 Å². The SMILES string of the molecule is CC1(Cc2ccc(F)cc2)CCN(CCNC(=O)c2ccc(=O)[nH]c2)CC1. The molecule has 1 aromatic heterocycles. The molecule has 2 heterocycles. The molecule has 1 aliphatic heterocycles. The Labute approximate surface area is 158 Å². The van der Waals surface area contributed by atoms with Crippen LogP contribution in [-0.2, 0) is 6.42 Å². The normalized spacial score (nSPS) is 16.8. The molecule has 0 radical (unpaired) electrons. The zero-order valence-corrected chi connectivity index (χ0v) is 15.6. The summed E-state index contributed by atoms with van der Waals surface area (Å²) in [7, 11) is 0. The Bertz CT molecular complexity index is 804. The number of carbonyl (C=O) groups excluding carboxylic acids is 1. The maximum atomic E-state index is 13.1. The topological polar surface area (TPSA) is 65.2 Å². The van der Waals surface area contributed by atoms with E-state index in [1.54, 1.807) is 0 Å². The van der Waals surface area contributed by atoms with Gasteiger partial charge in [0.05, 0.1) is 5.56 Å². The average Bonchev–Trinajstić information content (AvgIpc) is 2.66. The van der Waals surface area contributed by atoms with Crippen molar-refractivity contribution in [2.45, 2.75) is 26.2 Å². The number of amides is 1. The minimum absolute atomic E-state index is 0.176. The Morgan fingerprint density at radius 3 is 2.52 bits per heavy atom. The summed E-state index contributed by atoms with van der Waals surface area (Å²) >= 11 is 0. The number of carbonyl (C=O) groups is 1. The van der Waals surface area contributed by atoms with Gasteiger partial charge in [-0.3, -0.25) is 9.59 Å². The van der Waals surface area contributed by atoms with Crippen molar-refractivity contribution < 1.29 is 9.18 Å². The highest BCUT2D eigenvalue weighted by Crippen LogP contribution is 2.34. The average molecular weight is 371 g/mol. The zero-order chi connectivity index (χ0) is 19.3. The molecule has 1 aliphatic rings. The number of halogens is 1. The number of aromatic nitrogens is 1. The summed E-state index contributed by atoms with van der Waals surface area (Å²) in [5.41, 5.74) is 1.65. The second kappa shape index (κ2) is 8.48. The molecular formula is C21H26FN3O2. The first-order chi connectivity index (χ1) is 12.9. The van der Waals surface area contributed by atoms with E-state index in [9.17, 15) is 14.0 Å². The number of hydrogen-bond acceptors (Lipinski definition) is 3. The lowest BCUT2D eigenvalue weighted by atomic mass is 9.75. The van der Waals surface area contributed by atoms with Gasteiger partial charge < -0.3 is 15.2 Å². The minimum atomic E-state index is -0.219. The lowest BCUT2D eigenvalue weighted by Crippen LogP contribution is -2.43. The highest BCUT2D eigenvalue weighted by molar-refractivity contribution is 5.93. The van der Waals surface area contributed by atoms with Crippen molar-refractivity contribution in [3.63, 3.8) is 0 Å². The summed E-state index contributed by atoms with van der Waals surface area (Å²) in [6, 6.07) is 9.67. The fourth-order valence-electron chi connectivity index (χ4n) is 3.57. The van der Waals surface area contributed by atoms with Gasteiger partial charge >= 0.3 is 0 Å². The molecule has 1 amide bonds. The number of aromatic amines is 1. The Balaban J connectivity index is 1.41. The number of likely N-dealkylation sites (tertiary alicyclic amines) is 1. The Morgan fingerprint density at radius 1 is 1.19 bits per heavy atom. The van der Waals surface area contributed by atoms with E-state index in [1.165, 1.54) is 36.0 Å². The predicted octanol–water partition coefficient (Wildman–Crippen LogP) is 2.59. The van der Waals surface area contributed by atoms with Gasteiger partial charge in [-0.1, -0.05) is 19.1 Å². The molecule has 6 heteroatoms. The van der Waals surface area contributed by atoms with Crippen molar-refractivity contribution in [2.75, 3.05) is 26.2 Å². The Kier molecular flexibility index (Phi) is 6.06. The molecule has 5 nitrogen and oxygen atoms in total. The molecular weight excluding hydrogens is 345 g/mol. The number of benzene rings is 1. The van der Waals surface area contributed by atoms with Gasteiger partial charge in [-0.25, -0.2) is 4.39 Å². The number of H-pyrrole nitrogens is 1. The molecule has 2 aromatic rings. The number of piperidine rings is 1. The zero-order valence-electron chi connectivity index (χ0n) is 15.6. The van der Waals surface area contributed by atoms with Gasteiger partial charge in [0.15, 0.2) is 0 Å². The van der Waals surface area contributed by atoms with Gasteiger partial charge in [-0.2, -0.15) is 0 Å². The van der Waals surface area contributed by atoms with E-state index < -0.39 is 0 Å². The van der Waals surface area contributed by atoms with E-state index in [4.69, 9.17) is 0 Å². The molecule has 0 bridgehead atoms. The first-order valence-corrected chi connectivity index (χ1v) is 9.37. The molecule has 0 saturated carbocycles. The predicted molar refractivity (Wildman–Crippen MR) is 103 cm³/mol. The second-order valence-electron chi connectivity index (χ2n) is 7.65. The molecule has 2 N–H and O–H groups in total. The monoisotopic (exact) mass is 371 g/mol. The Morgan fingerprint density at radius 2 is 1.89 bits per heavy atom. The molecule has 0 atom stereocenters. The van der Waals surface area contributed by atoms with Crippen LogP contribution in [0.15, 0.2) is 47.4 Å². The highest BCUT2D eigenvalue weighted by atomic mass is 19.1. The van der Waals surface area contributed by atoms with Crippen molar-refractivity contribution in [1.29, 1.82) is 0 Å². The highest BCUT2D eigenvalue weighted by Gasteiger charge is 2.30. The van der Waals surface area contributed by atoms with Gasteiger partial charge in [-0.05, 0) is 61.5 Å². The summed E-state index contributed by atoms with van der Waals surface area (Å²) in [4.78, 5) is 28.0. The molecule has 0 spiro atoms. The van der Waals surface area contributed by atoms with E-state index >= 15 is 0 Å². The quantitative estimate of drug-likeness (QED) is 0.820. The number of hydrogen-bond donors (Lipinski definition) is 2. The van der Waals surface area contributed by atoms with E-state index in [-0.39, 0.29) is 22.7 Å². The summed E-state index contributed by atoms with van der Waals surface area (Å²) in [5, 5.41) is 2.89. The standard InChI is InChI=1S/C21H26FN3O2/c1-21(14-16-2-5-18(22)6-3-16)8-11-25(12-9-21)13-10-23-20(27)17-4-7-19(26)24-15-17/h2-7,15H,8-14H2,1H3,(H,23,27)(H,24,26). The van der Waals surface area contributed by atoms with Gasteiger partial charge in [0.2, 0.25) is 5.56 Å². The molecule has 27 heavy (non-hydrogen) atoms. The first kappa shape index (κ1) is 19.3. The maximum Gasteiger partial charge on any atom is 0.252 e. The van der Waals surface area contributed by atoms with Crippen molar-refractivity contribution in [1.82, 2.24) is 15.2 Å². The van der Waals surface area contributed by atoms with Crippen LogP contribution in [0.4, 0.5) is 4.39 Å². The van der Waals surface area contributed by atoms with Crippen LogP contribution in [0.3, 0.4) is 0 Å². The van der Waals surface area contributed by atoms with E-state index in [1.807, 2.05) is 12.1 Å². The summed E-state index contributed by atoms with van der Waals surface area (Å²) in [5.74, 6) is -0.368. The number of rotatable bonds is 6. The number of pyridine rings is 1. The third-order valence-corrected chi connectivity index (χ3v) is 5.37. The van der Waals surface area contributed by atoms with Crippen molar-refractivity contribution in [3.8, 4) is 0 Å². The van der Waals surface area contributed by atoms with Crippen LogP contribution in [0.5, 0.6) is 0 Å². The van der Waals surface area contributed by atoms with Crippen LogP contribution >= 0.6 is 0 Å². The molecule has 144 valence electrons. The van der Waals surface area contributed by atoms with E-state index in [0.717, 1.165) is 38.9 Å². The first-order valence-electron chi connectivity index (χ1n) is 9.37. The largest absolute Gasteiger partial charge is 0.351 e. The van der Waals surface area contributed by atoms with Crippen molar-refractivity contribution >= 4 is 5.91 Å². The lowest BCUT2D eigenvalue weighted by molar-refractivity contribution is 0.0926. The summed E-state index contributed by atoms with van der Waals surface area (Å²) in [6.07, 6.45) is 4.56. The molecule has 3 rings (SSSR count). The lowest BCUT2D eigenvalue weighted by Gasteiger charge is -2.39. The fraction of sp³-hybridized carbons (Fsp3) is 0.429. The second-order valence-corrected chi connectivity index (χ2v) is 7.65. The van der Waals surface area contributed by atoms with Crippen LogP contribution in [0.1, 0.15) is 35.7 Å². The third kappa shape index (κ3) is 5.50. The fourth-order valence-corrected chi connectivity index (χ4v) is 3.57. The van der Waals surface area contributed by atoms with Crippen LogP contribution < -0.4 is 10.9 Å². The Hall–Kier alpha value is -2.47.